The molecular weight excluding hydrogens is 370 g/mol. The Morgan fingerprint density at radius 1 is 0.889 bits per heavy atom. The van der Waals surface area contributed by atoms with E-state index >= 15 is 0 Å². The van der Waals surface area contributed by atoms with Crippen molar-refractivity contribution in [1.29, 1.82) is 0 Å². The number of hydrogen-bond donors (Lipinski definition) is 3. The monoisotopic (exact) mass is 389 g/mol. The molecular formula is C19H19NO6S. The molecule has 0 fully saturated rings. The SMILES string of the molecule is Cc1ccc(S(=O)(=O)O)cc1.O=C(O)c1ccccc1O.c1ccncc1. The molecule has 8 heteroatoms. The number of nitrogens with zero attached hydrogens (tertiary/aromatic N) is 1. The number of carboxylic acid groups (broad SMARTS) is 1. The molecule has 0 aliphatic carbocycles. The number of benzene rings is 2. The van der Waals surface area contributed by atoms with E-state index in [0.29, 0.717) is 0 Å². The van der Waals surface area contributed by atoms with Crippen LogP contribution in [-0.2, 0) is 10.1 Å². The molecule has 142 valence electrons. The summed E-state index contributed by atoms with van der Waals surface area (Å²) in [7, 11) is -4.02. The number of para-hydroxylation sites is 1. The average molecular weight is 389 g/mol. The number of carbonyl (C=O) groups is 1. The summed E-state index contributed by atoms with van der Waals surface area (Å²) in [4.78, 5) is 14.0. The van der Waals surface area contributed by atoms with Gasteiger partial charge in [-0.2, -0.15) is 8.42 Å². The zero-order valence-corrected chi connectivity index (χ0v) is 15.2. The molecule has 3 aromatic rings. The molecule has 0 saturated heterocycles. The summed E-state index contributed by atoms with van der Waals surface area (Å²) in [6.45, 7) is 1.84. The van der Waals surface area contributed by atoms with Gasteiger partial charge in [0.2, 0.25) is 0 Å². The van der Waals surface area contributed by atoms with Crippen molar-refractivity contribution < 1.29 is 28.0 Å². The van der Waals surface area contributed by atoms with Gasteiger partial charge in [-0.05, 0) is 43.3 Å². The lowest BCUT2D eigenvalue weighted by Crippen LogP contribution is -1.96. The molecule has 0 amide bonds. The Hall–Kier alpha value is -3.23. The van der Waals surface area contributed by atoms with E-state index < -0.39 is 16.1 Å². The average Bonchev–Trinajstić information content (AvgIpc) is 2.64. The van der Waals surface area contributed by atoms with Crippen molar-refractivity contribution in [3.63, 3.8) is 0 Å². The largest absolute Gasteiger partial charge is 0.507 e. The number of aryl methyl sites for hydroxylation is 1. The van der Waals surface area contributed by atoms with E-state index in [1.165, 1.54) is 24.3 Å². The maximum atomic E-state index is 10.5. The number of phenols is 1. The molecule has 0 radical (unpaired) electrons. The number of rotatable bonds is 2. The second-order valence-electron chi connectivity index (χ2n) is 5.13. The van der Waals surface area contributed by atoms with E-state index in [0.717, 1.165) is 5.56 Å². The Kier molecular flexibility index (Phi) is 8.64. The lowest BCUT2D eigenvalue weighted by atomic mass is 10.2. The van der Waals surface area contributed by atoms with Crippen molar-refractivity contribution in [3.8, 4) is 5.75 Å². The smallest absolute Gasteiger partial charge is 0.339 e. The van der Waals surface area contributed by atoms with Gasteiger partial charge < -0.3 is 10.2 Å². The van der Waals surface area contributed by atoms with E-state index in [4.69, 9.17) is 14.8 Å². The van der Waals surface area contributed by atoms with Gasteiger partial charge in [0, 0.05) is 12.4 Å². The number of aromatic nitrogens is 1. The standard InChI is InChI=1S/C7H8O3S.C7H6O3.C5H5N/c1-6-2-4-7(5-3-6)11(8,9)10;8-6-4-2-1-3-5(6)7(9)10;1-2-4-6-5-3-1/h2-5H,1H3,(H,8,9,10);1-4,8H,(H,9,10);1-5H. The van der Waals surface area contributed by atoms with E-state index in [1.54, 1.807) is 36.7 Å². The minimum absolute atomic E-state index is 0.0666. The zero-order chi connectivity index (χ0) is 20.3. The van der Waals surface area contributed by atoms with E-state index in [1.807, 2.05) is 25.1 Å². The predicted octanol–water partition coefficient (Wildman–Crippen LogP) is 3.41. The van der Waals surface area contributed by atoms with Crippen LogP contribution in [0.5, 0.6) is 5.75 Å². The molecule has 3 rings (SSSR count). The third-order valence-electron chi connectivity index (χ3n) is 3.02. The first-order valence-electron chi connectivity index (χ1n) is 7.62. The molecule has 0 unspecified atom stereocenters. The molecule has 27 heavy (non-hydrogen) atoms. The molecule has 3 N–H and O–H groups in total. The second-order valence-corrected chi connectivity index (χ2v) is 6.56. The van der Waals surface area contributed by atoms with Crippen LogP contribution < -0.4 is 0 Å². The summed E-state index contributed by atoms with van der Waals surface area (Å²) in [6.07, 6.45) is 3.50. The lowest BCUT2D eigenvalue weighted by molar-refractivity contribution is 0.0693. The van der Waals surface area contributed by atoms with Crippen LogP contribution in [0.25, 0.3) is 0 Å². The first kappa shape index (κ1) is 21.8. The summed E-state index contributed by atoms with van der Waals surface area (Å²) in [5.41, 5.74) is 0.889. The third-order valence-corrected chi connectivity index (χ3v) is 3.89. The van der Waals surface area contributed by atoms with Crippen LogP contribution in [0, 0.1) is 6.92 Å². The van der Waals surface area contributed by atoms with Crippen molar-refractivity contribution in [3.05, 3.63) is 90.3 Å². The van der Waals surface area contributed by atoms with Gasteiger partial charge in [-0.3, -0.25) is 9.54 Å². The number of hydrogen-bond acceptors (Lipinski definition) is 5. The normalized spacial score (nSPS) is 9.85. The highest BCUT2D eigenvalue weighted by molar-refractivity contribution is 7.85. The molecule has 0 saturated carbocycles. The molecule has 1 aromatic heterocycles. The molecule has 0 atom stereocenters. The van der Waals surface area contributed by atoms with Crippen LogP contribution in [0.3, 0.4) is 0 Å². The highest BCUT2D eigenvalue weighted by Crippen LogP contribution is 2.14. The molecule has 0 aliphatic rings. The highest BCUT2D eigenvalue weighted by atomic mass is 32.2. The van der Waals surface area contributed by atoms with E-state index in [-0.39, 0.29) is 16.2 Å². The van der Waals surface area contributed by atoms with Gasteiger partial charge in [0.05, 0.1) is 4.90 Å². The van der Waals surface area contributed by atoms with Crippen LogP contribution >= 0.6 is 0 Å². The minimum Gasteiger partial charge on any atom is -0.507 e. The van der Waals surface area contributed by atoms with Crippen molar-refractivity contribution in [2.24, 2.45) is 0 Å². The van der Waals surface area contributed by atoms with Crippen molar-refractivity contribution in [2.75, 3.05) is 0 Å². The fourth-order valence-corrected chi connectivity index (χ4v) is 2.16. The van der Waals surface area contributed by atoms with Gasteiger partial charge in [-0.25, -0.2) is 4.79 Å². The fraction of sp³-hybridized carbons (Fsp3) is 0.0526. The van der Waals surface area contributed by atoms with Crippen LogP contribution in [0.1, 0.15) is 15.9 Å². The van der Waals surface area contributed by atoms with Crippen molar-refractivity contribution >= 4 is 16.1 Å². The quantitative estimate of drug-likeness (QED) is 0.574. The van der Waals surface area contributed by atoms with Crippen LogP contribution in [0.2, 0.25) is 0 Å². The Morgan fingerprint density at radius 2 is 1.44 bits per heavy atom. The van der Waals surface area contributed by atoms with Gasteiger partial charge in [0.15, 0.2) is 0 Å². The molecule has 0 bridgehead atoms. The summed E-state index contributed by atoms with van der Waals surface area (Å²) in [5, 5.41) is 17.3. The van der Waals surface area contributed by atoms with Crippen molar-refractivity contribution in [2.45, 2.75) is 11.8 Å². The maximum absolute atomic E-state index is 10.5. The van der Waals surface area contributed by atoms with Crippen LogP contribution in [0.15, 0.2) is 84.0 Å². The Labute approximate surface area is 157 Å². The third kappa shape index (κ3) is 8.61. The van der Waals surface area contributed by atoms with E-state index in [9.17, 15) is 13.2 Å². The lowest BCUT2D eigenvalue weighted by Gasteiger charge is -1.95. The fourth-order valence-electron chi connectivity index (χ4n) is 1.68. The zero-order valence-electron chi connectivity index (χ0n) is 14.4. The predicted molar refractivity (Wildman–Crippen MR) is 100 cm³/mol. The Morgan fingerprint density at radius 3 is 1.78 bits per heavy atom. The molecule has 7 nitrogen and oxygen atoms in total. The first-order chi connectivity index (χ1) is 12.7. The topological polar surface area (TPSA) is 125 Å². The first-order valence-corrected chi connectivity index (χ1v) is 9.06. The van der Waals surface area contributed by atoms with Gasteiger partial charge in [0.1, 0.15) is 11.3 Å². The summed E-state index contributed by atoms with van der Waals surface area (Å²) in [6, 6.07) is 17.5. The minimum atomic E-state index is -4.02. The van der Waals surface area contributed by atoms with Gasteiger partial charge in [0.25, 0.3) is 10.1 Å². The van der Waals surface area contributed by atoms with Crippen molar-refractivity contribution in [1.82, 2.24) is 4.98 Å². The summed E-state index contributed by atoms with van der Waals surface area (Å²) < 4.78 is 29.6. The Bertz CT molecular complexity index is 915. The van der Waals surface area contributed by atoms with Crippen LogP contribution in [0.4, 0.5) is 0 Å². The van der Waals surface area contributed by atoms with E-state index in [2.05, 4.69) is 4.98 Å². The molecule has 0 aliphatic heterocycles. The molecule has 2 aromatic carbocycles. The van der Waals surface area contributed by atoms with Gasteiger partial charge in [-0.1, -0.05) is 35.9 Å². The number of carboxylic acids is 1. The molecule has 1 heterocycles. The number of aromatic hydroxyl groups is 1. The summed E-state index contributed by atoms with van der Waals surface area (Å²) in [5.74, 6) is -1.31. The molecule has 0 spiro atoms. The van der Waals surface area contributed by atoms with Crippen LogP contribution in [-0.4, -0.2) is 34.1 Å². The summed E-state index contributed by atoms with van der Waals surface area (Å²) >= 11 is 0. The van der Waals surface area contributed by atoms with Gasteiger partial charge in [-0.15, -0.1) is 0 Å². The second kappa shape index (κ2) is 10.7. The number of aromatic carboxylic acids is 1. The number of pyridine rings is 1. The maximum Gasteiger partial charge on any atom is 0.339 e. The van der Waals surface area contributed by atoms with Gasteiger partial charge >= 0.3 is 5.97 Å². The highest BCUT2D eigenvalue weighted by Gasteiger charge is 2.07. The Balaban J connectivity index is 0.000000211.